The molecule has 0 amide bonds. The van der Waals surface area contributed by atoms with E-state index in [9.17, 15) is 0 Å². The van der Waals surface area contributed by atoms with E-state index in [0.29, 0.717) is 28.2 Å². The molecule has 8 rings (SSSR count). The van der Waals surface area contributed by atoms with Gasteiger partial charge in [0.15, 0.2) is 0 Å². The molecule has 0 fully saturated rings. The summed E-state index contributed by atoms with van der Waals surface area (Å²) in [4.78, 5) is 4.37. The second kappa shape index (κ2) is 7.02. The first-order valence-corrected chi connectivity index (χ1v) is 11.7. The number of aryl methyl sites for hydroxylation is 2. The lowest BCUT2D eigenvalue weighted by Crippen LogP contribution is -2.57. The van der Waals surface area contributed by atoms with Gasteiger partial charge in [-0.15, -0.1) is 0 Å². The highest BCUT2D eigenvalue weighted by Crippen LogP contribution is 2.40. The summed E-state index contributed by atoms with van der Waals surface area (Å²) in [7, 11) is 0. The van der Waals surface area contributed by atoms with Crippen molar-refractivity contribution in [2.45, 2.75) is 13.7 Å². The quantitative estimate of drug-likeness (QED) is 0.276. The fraction of sp³-hybridized carbons (Fsp3) is 0.0645. The van der Waals surface area contributed by atoms with Crippen LogP contribution in [0, 0.1) is 13.7 Å². The van der Waals surface area contributed by atoms with Crippen LogP contribution in [0.3, 0.4) is 0 Å². The van der Waals surface area contributed by atoms with Gasteiger partial charge in [-0.3, -0.25) is 4.98 Å². The zero-order valence-corrected chi connectivity index (χ0v) is 18.8. The molecule has 0 N–H and O–H groups in total. The molecule has 36 heavy (non-hydrogen) atoms. The minimum absolute atomic E-state index is 0.113. The van der Waals surface area contributed by atoms with Crippen molar-refractivity contribution in [1.29, 1.82) is 0 Å². The Labute approximate surface area is 216 Å². The largest absolute Gasteiger partial charge is 0.458 e. The topological polar surface area (TPSA) is 44.5 Å². The first-order valence-electron chi connectivity index (χ1n) is 14.7. The van der Waals surface area contributed by atoms with Crippen molar-refractivity contribution in [3.05, 3.63) is 96.2 Å². The number of nitrogens with zero attached hydrogens (tertiary/aromatic N) is 1. The number of furan rings is 1. The van der Waals surface area contributed by atoms with Crippen LogP contribution < -0.4 is 25.9 Å². The lowest BCUT2D eigenvalue weighted by Gasteiger charge is -2.32. The van der Waals surface area contributed by atoms with Gasteiger partial charge in [-0.2, -0.15) is 0 Å². The van der Waals surface area contributed by atoms with Gasteiger partial charge in [0.1, 0.15) is 34.2 Å². The summed E-state index contributed by atoms with van der Waals surface area (Å²) in [5, 5.41) is 1.64. The molecule has 4 heterocycles. The molecule has 0 unspecified atom stereocenters. The second-order valence-electron chi connectivity index (χ2n) is 9.13. The van der Waals surface area contributed by atoms with Crippen LogP contribution in [-0.4, -0.2) is 11.7 Å². The first kappa shape index (κ1) is 14.8. The van der Waals surface area contributed by atoms with Gasteiger partial charge in [-0.25, -0.2) is 0 Å². The average Bonchev–Trinajstić information content (AvgIpc) is 3.32. The SMILES string of the molecule is [2H]C([2H])([2H])c1cnc(-c2cccc3c2oc2cc4c(cc23)Oc2cccc3c2B4c2ccccc2O3)cc1C([2H])([2H])[2H]. The minimum atomic E-state index is -2.63. The predicted molar refractivity (Wildman–Crippen MR) is 144 cm³/mol. The zero-order chi connectivity index (χ0) is 29.0. The van der Waals surface area contributed by atoms with Crippen LogP contribution in [0.15, 0.2) is 89.5 Å². The number of fused-ring (bicyclic) bond motifs is 7. The number of aromatic nitrogens is 1. The number of hydrogen-bond acceptors (Lipinski definition) is 4. The van der Waals surface area contributed by atoms with Gasteiger partial charge < -0.3 is 13.9 Å². The maximum Gasteiger partial charge on any atom is 0.260 e. The third-order valence-corrected chi connectivity index (χ3v) is 7.10. The molecular formula is C31H20BNO3. The number of benzene rings is 4. The molecular weight excluding hydrogens is 445 g/mol. The fourth-order valence-electron chi connectivity index (χ4n) is 5.47. The van der Waals surface area contributed by atoms with Crippen molar-refractivity contribution in [1.82, 2.24) is 4.98 Å². The molecule has 0 radical (unpaired) electrons. The number of para-hydroxylation sites is 2. The molecule has 5 heteroatoms. The van der Waals surface area contributed by atoms with E-state index in [1.165, 1.54) is 6.07 Å². The maximum atomic E-state index is 7.97. The summed E-state index contributed by atoms with van der Waals surface area (Å²) in [6, 6.07) is 24.7. The summed E-state index contributed by atoms with van der Waals surface area (Å²) in [6.07, 6.45) is 1.13. The summed E-state index contributed by atoms with van der Waals surface area (Å²) in [5.74, 6) is 3.00. The maximum absolute atomic E-state index is 7.97. The Balaban J connectivity index is 1.34. The van der Waals surface area contributed by atoms with Gasteiger partial charge in [0.2, 0.25) is 0 Å². The van der Waals surface area contributed by atoms with E-state index in [1.807, 2.05) is 60.7 Å². The Morgan fingerprint density at radius 2 is 1.53 bits per heavy atom. The molecule has 2 aromatic heterocycles. The summed E-state index contributed by atoms with van der Waals surface area (Å²) in [6.45, 7) is -5.36. The zero-order valence-electron chi connectivity index (χ0n) is 24.8. The molecule has 0 atom stereocenters. The predicted octanol–water partition coefficient (Wildman–Crippen LogP) is 5.99. The Bertz CT molecular complexity index is 2100. The molecule has 2 aliphatic rings. The van der Waals surface area contributed by atoms with Crippen molar-refractivity contribution in [2.24, 2.45) is 0 Å². The van der Waals surface area contributed by atoms with Gasteiger partial charge in [-0.05, 0) is 78.2 Å². The van der Waals surface area contributed by atoms with Crippen molar-refractivity contribution in [2.75, 3.05) is 0 Å². The van der Waals surface area contributed by atoms with Crippen LogP contribution in [0.25, 0.3) is 33.2 Å². The van der Waals surface area contributed by atoms with Crippen LogP contribution in [0.1, 0.15) is 19.4 Å². The molecule has 0 saturated heterocycles. The Morgan fingerprint density at radius 1 is 0.722 bits per heavy atom. The van der Waals surface area contributed by atoms with E-state index in [4.69, 9.17) is 22.1 Å². The van der Waals surface area contributed by atoms with Crippen molar-refractivity contribution < 1.29 is 22.1 Å². The van der Waals surface area contributed by atoms with Crippen molar-refractivity contribution in [3.63, 3.8) is 0 Å². The van der Waals surface area contributed by atoms with E-state index in [2.05, 4.69) is 11.1 Å². The van der Waals surface area contributed by atoms with Gasteiger partial charge in [-0.1, -0.05) is 36.4 Å². The van der Waals surface area contributed by atoms with E-state index in [1.54, 1.807) is 6.07 Å². The van der Waals surface area contributed by atoms with E-state index >= 15 is 0 Å². The molecule has 0 saturated carbocycles. The molecule has 4 nitrogen and oxygen atoms in total. The third kappa shape index (κ3) is 2.63. The number of ether oxygens (including phenoxy) is 2. The molecule has 4 aromatic carbocycles. The summed E-state index contributed by atoms with van der Waals surface area (Å²) < 4.78 is 66.4. The molecule has 6 aromatic rings. The highest BCUT2D eigenvalue weighted by atomic mass is 16.5. The standard InChI is InChI=1S/C31H20BNO3/c1-17-13-24(33-16-18(17)2)20-8-5-7-19-21-14-29-23(15-28(21)36-31(19)20)32-22-9-3-4-10-25(22)34-26-11-6-12-27(35-29)30(26)32/h3-16H,1-2H3/i1D3,2D3. The van der Waals surface area contributed by atoms with Crippen LogP contribution in [0.2, 0.25) is 0 Å². The van der Waals surface area contributed by atoms with E-state index in [-0.39, 0.29) is 17.8 Å². The van der Waals surface area contributed by atoms with Crippen LogP contribution >= 0.6 is 0 Å². The Morgan fingerprint density at radius 3 is 2.42 bits per heavy atom. The molecule has 2 aliphatic heterocycles. The van der Waals surface area contributed by atoms with Crippen molar-refractivity contribution >= 4 is 45.0 Å². The molecule has 170 valence electrons. The second-order valence-corrected chi connectivity index (χ2v) is 9.13. The monoisotopic (exact) mass is 471 g/mol. The highest BCUT2D eigenvalue weighted by molar-refractivity contribution is 6.98. The third-order valence-electron chi connectivity index (χ3n) is 7.10. The van der Waals surface area contributed by atoms with Gasteiger partial charge in [0.05, 0.1) is 5.69 Å². The molecule has 0 aliphatic carbocycles. The molecule has 0 spiro atoms. The van der Waals surface area contributed by atoms with E-state index in [0.717, 1.165) is 50.6 Å². The van der Waals surface area contributed by atoms with Crippen LogP contribution in [0.4, 0.5) is 0 Å². The molecule has 0 bridgehead atoms. The van der Waals surface area contributed by atoms with Gasteiger partial charge in [0.25, 0.3) is 6.71 Å². The Hall–Kier alpha value is -4.51. The summed E-state index contributed by atoms with van der Waals surface area (Å²) >= 11 is 0. The fourth-order valence-corrected chi connectivity index (χ4v) is 5.47. The lowest BCUT2D eigenvalue weighted by atomic mass is 9.35. The number of hydrogen-bond donors (Lipinski definition) is 0. The summed E-state index contributed by atoms with van der Waals surface area (Å²) in [5.41, 5.74) is 4.45. The van der Waals surface area contributed by atoms with Crippen LogP contribution in [-0.2, 0) is 0 Å². The Kier molecular flexibility index (Phi) is 2.88. The van der Waals surface area contributed by atoms with E-state index < -0.39 is 13.7 Å². The normalized spacial score (nSPS) is 16.3. The smallest absolute Gasteiger partial charge is 0.260 e. The average molecular weight is 471 g/mol. The van der Waals surface area contributed by atoms with Gasteiger partial charge >= 0.3 is 0 Å². The minimum Gasteiger partial charge on any atom is -0.458 e. The van der Waals surface area contributed by atoms with Gasteiger partial charge in [0, 0.05) is 36.2 Å². The van der Waals surface area contributed by atoms with Crippen LogP contribution in [0.5, 0.6) is 23.0 Å². The highest BCUT2D eigenvalue weighted by Gasteiger charge is 2.40. The number of rotatable bonds is 1. The lowest BCUT2D eigenvalue weighted by molar-refractivity contribution is 0.465. The first-order chi connectivity index (χ1) is 20.1. The number of pyridine rings is 1. The van der Waals surface area contributed by atoms with Crippen molar-refractivity contribution in [3.8, 4) is 34.3 Å².